The Morgan fingerprint density at radius 3 is 2.79 bits per heavy atom. The summed E-state index contributed by atoms with van der Waals surface area (Å²) in [6.45, 7) is 5.16. The zero-order chi connectivity index (χ0) is 19.5. The highest BCUT2D eigenvalue weighted by atomic mass is 32.1. The summed E-state index contributed by atoms with van der Waals surface area (Å²) in [5, 5.41) is 14.4. The van der Waals surface area contributed by atoms with Crippen LogP contribution in [0.4, 0.5) is 0 Å². The lowest BCUT2D eigenvalue weighted by atomic mass is 10.0. The van der Waals surface area contributed by atoms with Gasteiger partial charge in [0.1, 0.15) is 0 Å². The Bertz CT molecular complexity index is 1110. The Balaban J connectivity index is 1.38. The molecule has 28 heavy (non-hydrogen) atoms. The molecule has 0 saturated heterocycles. The van der Waals surface area contributed by atoms with Gasteiger partial charge in [-0.25, -0.2) is 9.67 Å². The van der Waals surface area contributed by atoms with E-state index in [0.29, 0.717) is 18.8 Å². The fourth-order valence-corrected chi connectivity index (χ4v) is 4.04. The van der Waals surface area contributed by atoms with Crippen molar-refractivity contribution in [2.45, 2.75) is 26.8 Å². The number of thiazole rings is 1. The van der Waals surface area contributed by atoms with Gasteiger partial charge in [0.2, 0.25) is 0 Å². The predicted molar refractivity (Wildman–Crippen MR) is 111 cm³/mol. The highest BCUT2D eigenvalue weighted by Crippen LogP contribution is 2.19. The van der Waals surface area contributed by atoms with Crippen LogP contribution in [0, 0.1) is 13.8 Å². The van der Waals surface area contributed by atoms with Crippen LogP contribution in [0.2, 0.25) is 0 Å². The van der Waals surface area contributed by atoms with Gasteiger partial charge in [-0.3, -0.25) is 4.79 Å². The Morgan fingerprint density at radius 2 is 1.96 bits per heavy atom. The number of rotatable bonds is 6. The molecule has 6 nitrogen and oxygen atoms in total. The number of fused-ring (bicyclic) bond motifs is 1. The molecule has 0 radical (unpaired) electrons. The van der Waals surface area contributed by atoms with E-state index in [9.17, 15) is 4.79 Å². The van der Waals surface area contributed by atoms with Gasteiger partial charge in [-0.1, -0.05) is 47.7 Å². The zero-order valence-corrected chi connectivity index (χ0v) is 16.7. The van der Waals surface area contributed by atoms with Crippen molar-refractivity contribution in [3.05, 3.63) is 75.5 Å². The number of amides is 1. The van der Waals surface area contributed by atoms with E-state index in [-0.39, 0.29) is 5.91 Å². The summed E-state index contributed by atoms with van der Waals surface area (Å²) in [5.74, 6) is -0.214. The van der Waals surface area contributed by atoms with Crippen LogP contribution in [0.25, 0.3) is 10.8 Å². The van der Waals surface area contributed by atoms with E-state index in [2.05, 4.69) is 51.8 Å². The first-order valence-corrected chi connectivity index (χ1v) is 9.99. The average Bonchev–Trinajstić information content (AvgIpc) is 3.29. The number of hydrogen-bond acceptors (Lipinski definition) is 5. The smallest absolute Gasteiger partial charge is 0.273 e. The Kier molecular flexibility index (Phi) is 5.16. The molecule has 0 fully saturated rings. The van der Waals surface area contributed by atoms with E-state index in [4.69, 9.17) is 0 Å². The standard InChI is InChI=1S/C21H21N5OS/c1-14-15(2)28-20(23-14)10-11-22-21(27)19-13-26(25-24-19)12-17-8-5-7-16-6-3-4-9-18(16)17/h3-9,13H,10-12H2,1-2H3,(H,22,27). The van der Waals surface area contributed by atoms with Crippen molar-refractivity contribution in [1.29, 1.82) is 0 Å². The second-order valence-electron chi connectivity index (χ2n) is 6.69. The number of carbonyl (C=O) groups excluding carboxylic acids is 1. The van der Waals surface area contributed by atoms with Gasteiger partial charge in [0.15, 0.2) is 5.69 Å². The van der Waals surface area contributed by atoms with Gasteiger partial charge >= 0.3 is 0 Å². The molecule has 2 heterocycles. The van der Waals surface area contributed by atoms with Crippen LogP contribution in [0.1, 0.15) is 31.6 Å². The number of aryl methyl sites for hydroxylation is 2. The van der Waals surface area contributed by atoms with Crippen LogP contribution < -0.4 is 5.32 Å². The molecule has 0 aliphatic heterocycles. The maximum absolute atomic E-state index is 12.3. The lowest BCUT2D eigenvalue weighted by Gasteiger charge is -2.06. The van der Waals surface area contributed by atoms with Crippen molar-refractivity contribution < 1.29 is 4.79 Å². The van der Waals surface area contributed by atoms with E-state index in [1.807, 2.05) is 25.1 Å². The van der Waals surface area contributed by atoms with E-state index < -0.39 is 0 Å². The van der Waals surface area contributed by atoms with Crippen LogP contribution in [-0.4, -0.2) is 32.4 Å². The van der Waals surface area contributed by atoms with Crippen molar-refractivity contribution in [3.8, 4) is 0 Å². The molecule has 0 unspecified atom stereocenters. The Morgan fingerprint density at radius 1 is 1.14 bits per heavy atom. The van der Waals surface area contributed by atoms with Gasteiger partial charge < -0.3 is 5.32 Å². The van der Waals surface area contributed by atoms with E-state index in [1.54, 1.807) is 22.2 Å². The van der Waals surface area contributed by atoms with Crippen molar-refractivity contribution in [1.82, 2.24) is 25.3 Å². The van der Waals surface area contributed by atoms with Crippen LogP contribution in [0.5, 0.6) is 0 Å². The third kappa shape index (κ3) is 3.94. The normalized spacial score (nSPS) is 11.1. The largest absolute Gasteiger partial charge is 0.350 e. The first-order valence-electron chi connectivity index (χ1n) is 9.18. The topological polar surface area (TPSA) is 72.7 Å². The third-order valence-corrected chi connectivity index (χ3v) is 5.81. The van der Waals surface area contributed by atoms with Crippen molar-refractivity contribution in [3.63, 3.8) is 0 Å². The molecule has 0 atom stereocenters. The SMILES string of the molecule is Cc1nc(CCNC(=O)c2cn(Cc3cccc4ccccc34)nn2)sc1C. The third-order valence-electron chi connectivity index (χ3n) is 4.68. The number of hydrogen-bond donors (Lipinski definition) is 1. The summed E-state index contributed by atoms with van der Waals surface area (Å²) in [5.41, 5.74) is 2.53. The van der Waals surface area contributed by atoms with Gasteiger partial charge in [0.25, 0.3) is 5.91 Å². The number of carbonyl (C=O) groups is 1. The molecular formula is C21H21N5OS. The van der Waals surface area contributed by atoms with Gasteiger partial charge in [-0.2, -0.15) is 0 Å². The highest BCUT2D eigenvalue weighted by Gasteiger charge is 2.12. The lowest BCUT2D eigenvalue weighted by molar-refractivity contribution is 0.0949. The molecule has 0 saturated carbocycles. The minimum Gasteiger partial charge on any atom is -0.350 e. The number of nitrogens with zero attached hydrogens (tertiary/aromatic N) is 4. The number of aromatic nitrogens is 4. The molecule has 0 aliphatic carbocycles. The number of nitrogens with one attached hydrogen (secondary N) is 1. The quantitative estimate of drug-likeness (QED) is 0.546. The molecule has 7 heteroatoms. The molecule has 0 aliphatic rings. The van der Waals surface area contributed by atoms with E-state index in [0.717, 1.165) is 22.7 Å². The summed E-state index contributed by atoms with van der Waals surface area (Å²) in [4.78, 5) is 18.1. The van der Waals surface area contributed by atoms with Crippen molar-refractivity contribution in [2.24, 2.45) is 0 Å². The maximum atomic E-state index is 12.3. The van der Waals surface area contributed by atoms with Crippen LogP contribution >= 0.6 is 11.3 Å². The van der Waals surface area contributed by atoms with Crippen LogP contribution in [0.15, 0.2) is 48.7 Å². The molecule has 4 aromatic rings. The van der Waals surface area contributed by atoms with E-state index in [1.165, 1.54) is 15.6 Å². The second kappa shape index (κ2) is 7.90. The minimum absolute atomic E-state index is 0.214. The van der Waals surface area contributed by atoms with Crippen molar-refractivity contribution >= 4 is 28.0 Å². The maximum Gasteiger partial charge on any atom is 0.273 e. The highest BCUT2D eigenvalue weighted by molar-refractivity contribution is 7.11. The molecule has 142 valence electrons. The summed E-state index contributed by atoms with van der Waals surface area (Å²) in [6.07, 6.45) is 2.41. The fraction of sp³-hybridized carbons (Fsp3) is 0.238. The summed E-state index contributed by atoms with van der Waals surface area (Å²) in [6, 6.07) is 14.4. The monoisotopic (exact) mass is 391 g/mol. The molecule has 0 spiro atoms. The molecule has 1 N–H and O–H groups in total. The average molecular weight is 392 g/mol. The summed E-state index contributed by atoms with van der Waals surface area (Å²) in [7, 11) is 0. The molecule has 2 aromatic heterocycles. The second-order valence-corrected chi connectivity index (χ2v) is 7.98. The van der Waals surface area contributed by atoms with Crippen LogP contribution in [-0.2, 0) is 13.0 Å². The zero-order valence-electron chi connectivity index (χ0n) is 15.8. The lowest BCUT2D eigenvalue weighted by Crippen LogP contribution is -2.26. The molecule has 1 amide bonds. The van der Waals surface area contributed by atoms with Gasteiger partial charge in [0, 0.05) is 17.8 Å². The first kappa shape index (κ1) is 18.3. The van der Waals surface area contributed by atoms with Crippen LogP contribution in [0.3, 0.4) is 0 Å². The predicted octanol–water partition coefficient (Wildman–Crippen LogP) is 3.53. The minimum atomic E-state index is -0.214. The summed E-state index contributed by atoms with van der Waals surface area (Å²) >= 11 is 1.67. The molecule has 4 rings (SSSR count). The summed E-state index contributed by atoms with van der Waals surface area (Å²) < 4.78 is 1.70. The molecule has 0 bridgehead atoms. The van der Waals surface area contributed by atoms with Gasteiger partial charge in [0.05, 0.1) is 23.4 Å². The van der Waals surface area contributed by atoms with E-state index >= 15 is 0 Å². The fourth-order valence-electron chi connectivity index (χ4n) is 3.10. The van der Waals surface area contributed by atoms with Gasteiger partial charge in [-0.05, 0) is 30.2 Å². The molecule has 2 aromatic carbocycles. The first-order chi connectivity index (χ1) is 13.6. The van der Waals surface area contributed by atoms with Gasteiger partial charge in [-0.15, -0.1) is 16.4 Å². The number of benzene rings is 2. The molecular weight excluding hydrogens is 370 g/mol. The van der Waals surface area contributed by atoms with Crippen molar-refractivity contribution in [2.75, 3.05) is 6.54 Å². The Hall–Kier alpha value is -3.06. The Labute approximate surface area is 167 Å².